The van der Waals surface area contributed by atoms with Crippen LogP contribution in [0.25, 0.3) is 0 Å². The molecule has 0 spiro atoms. The van der Waals surface area contributed by atoms with E-state index in [9.17, 15) is 4.79 Å². The van der Waals surface area contributed by atoms with Crippen molar-refractivity contribution in [2.45, 2.75) is 50.4 Å². The number of carbonyl (C=O) groups excluding carboxylic acids is 1. The molecule has 1 saturated carbocycles. The maximum Gasteiger partial charge on any atom is 0.217 e. The van der Waals surface area contributed by atoms with Crippen LogP contribution in [0.15, 0.2) is 0 Å². The first kappa shape index (κ1) is 9.85. The van der Waals surface area contributed by atoms with Crippen LogP contribution in [0.5, 0.6) is 0 Å². The van der Waals surface area contributed by atoms with Gasteiger partial charge in [-0.1, -0.05) is 19.3 Å². The molecule has 0 aromatic rings. The van der Waals surface area contributed by atoms with Crippen molar-refractivity contribution >= 4 is 17.5 Å². The van der Waals surface area contributed by atoms with Gasteiger partial charge in [-0.25, -0.2) is 0 Å². The quantitative estimate of drug-likeness (QED) is 0.497. The molecule has 1 amide bonds. The maximum absolute atomic E-state index is 10.8. The molecule has 0 aliphatic heterocycles. The van der Waals surface area contributed by atoms with Gasteiger partial charge in [-0.2, -0.15) is 0 Å². The van der Waals surface area contributed by atoms with Crippen molar-refractivity contribution in [3.8, 4) is 0 Å². The second-order valence-electron chi connectivity index (χ2n) is 3.46. The van der Waals surface area contributed by atoms with Crippen LogP contribution in [0.2, 0.25) is 0 Å². The van der Waals surface area contributed by atoms with Crippen molar-refractivity contribution in [3.05, 3.63) is 0 Å². The Hall–Kier alpha value is -0.240. The summed E-state index contributed by atoms with van der Waals surface area (Å²) >= 11 is 6.12. The summed E-state index contributed by atoms with van der Waals surface area (Å²) in [6, 6.07) is 0.201. The highest BCUT2D eigenvalue weighted by Crippen LogP contribution is 2.22. The molecule has 0 aromatic carbocycles. The highest BCUT2D eigenvalue weighted by atomic mass is 35.5. The van der Waals surface area contributed by atoms with Crippen LogP contribution >= 0.6 is 11.6 Å². The zero-order valence-corrected chi connectivity index (χ0v) is 8.23. The molecule has 2 unspecified atom stereocenters. The lowest BCUT2D eigenvalue weighted by Crippen LogP contribution is -2.39. The Kier molecular flexibility index (Phi) is 3.86. The summed E-state index contributed by atoms with van der Waals surface area (Å²) < 4.78 is 0. The lowest BCUT2D eigenvalue weighted by Gasteiger charge is -2.19. The molecular formula is C9H16ClNO. The van der Waals surface area contributed by atoms with E-state index in [0.717, 1.165) is 12.8 Å². The molecule has 0 aromatic heterocycles. The Bertz CT molecular complexity index is 161. The van der Waals surface area contributed by atoms with Gasteiger partial charge in [0, 0.05) is 13.0 Å². The number of halogens is 1. The Morgan fingerprint density at radius 3 is 2.67 bits per heavy atom. The summed E-state index contributed by atoms with van der Waals surface area (Å²) in [5.41, 5.74) is 0. The summed E-state index contributed by atoms with van der Waals surface area (Å²) in [6.07, 6.45) is 5.71. The van der Waals surface area contributed by atoms with Crippen LogP contribution in [-0.4, -0.2) is 17.3 Å². The smallest absolute Gasteiger partial charge is 0.217 e. The first-order valence-electron chi connectivity index (χ1n) is 4.61. The highest BCUT2D eigenvalue weighted by Gasteiger charge is 2.21. The van der Waals surface area contributed by atoms with Gasteiger partial charge in [0.05, 0.1) is 5.38 Å². The maximum atomic E-state index is 10.8. The van der Waals surface area contributed by atoms with Crippen molar-refractivity contribution in [2.75, 3.05) is 0 Å². The highest BCUT2D eigenvalue weighted by molar-refractivity contribution is 6.21. The van der Waals surface area contributed by atoms with Gasteiger partial charge in [-0.05, 0) is 12.8 Å². The second kappa shape index (κ2) is 4.70. The number of rotatable bonds is 1. The SMILES string of the molecule is CC(=O)NC1CCCCCC1Cl. The van der Waals surface area contributed by atoms with E-state index in [-0.39, 0.29) is 17.3 Å². The Morgan fingerprint density at radius 1 is 1.33 bits per heavy atom. The fourth-order valence-corrected chi connectivity index (χ4v) is 2.03. The zero-order valence-electron chi connectivity index (χ0n) is 7.48. The molecule has 12 heavy (non-hydrogen) atoms. The van der Waals surface area contributed by atoms with Crippen LogP contribution in [0, 0.1) is 0 Å². The number of hydrogen-bond donors (Lipinski definition) is 1. The summed E-state index contributed by atoms with van der Waals surface area (Å²) in [7, 11) is 0. The molecule has 0 bridgehead atoms. The Morgan fingerprint density at radius 2 is 2.00 bits per heavy atom. The number of hydrogen-bond acceptors (Lipinski definition) is 1. The minimum Gasteiger partial charge on any atom is -0.352 e. The fourth-order valence-electron chi connectivity index (χ4n) is 1.69. The van der Waals surface area contributed by atoms with Crippen molar-refractivity contribution in [1.29, 1.82) is 0 Å². The predicted octanol–water partition coefficient (Wildman–Crippen LogP) is 2.06. The number of amides is 1. The van der Waals surface area contributed by atoms with Gasteiger partial charge in [-0.3, -0.25) is 4.79 Å². The van der Waals surface area contributed by atoms with Crippen molar-refractivity contribution < 1.29 is 4.79 Å². The minimum atomic E-state index is 0.0348. The van der Waals surface area contributed by atoms with Gasteiger partial charge in [0.2, 0.25) is 5.91 Å². The van der Waals surface area contributed by atoms with Crippen LogP contribution in [0.3, 0.4) is 0 Å². The molecule has 0 saturated heterocycles. The lowest BCUT2D eigenvalue weighted by molar-refractivity contribution is -0.119. The van der Waals surface area contributed by atoms with Crippen molar-refractivity contribution in [1.82, 2.24) is 5.32 Å². The van der Waals surface area contributed by atoms with E-state index in [1.807, 2.05) is 0 Å². The van der Waals surface area contributed by atoms with Crippen LogP contribution in [0.4, 0.5) is 0 Å². The van der Waals surface area contributed by atoms with Crippen molar-refractivity contribution in [2.24, 2.45) is 0 Å². The van der Waals surface area contributed by atoms with E-state index in [1.165, 1.54) is 19.3 Å². The largest absolute Gasteiger partial charge is 0.352 e. The molecule has 1 aliphatic carbocycles. The summed E-state index contributed by atoms with van der Waals surface area (Å²) in [5, 5.41) is 3.04. The molecule has 1 aliphatic rings. The van der Waals surface area contributed by atoms with Crippen molar-refractivity contribution in [3.63, 3.8) is 0 Å². The molecule has 1 rings (SSSR count). The first-order chi connectivity index (χ1) is 5.70. The fraction of sp³-hybridized carbons (Fsp3) is 0.889. The molecule has 3 heteroatoms. The van der Waals surface area contributed by atoms with Gasteiger partial charge < -0.3 is 5.32 Å². The van der Waals surface area contributed by atoms with Crippen LogP contribution in [-0.2, 0) is 4.79 Å². The third-order valence-electron chi connectivity index (χ3n) is 2.32. The van der Waals surface area contributed by atoms with E-state index in [2.05, 4.69) is 5.32 Å². The molecule has 0 radical (unpaired) electrons. The molecule has 0 heterocycles. The standard InChI is InChI=1S/C9H16ClNO/c1-7(12)11-9-6-4-2-3-5-8(9)10/h8-9H,2-6H2,1H3,(H,11,12). The molecular weight excluding hydrogens is 174 g/mol. The summed E-state index contributed by atoms with van der Waals surface area (Å²) in [4.78, 5) is 10.8. The number of carbonyl (C=O) groups is 1. The molecule has 2 atom stereocenters. The molecule has 2 nitrogen and oxygen atoms in total. The Balaban J connectivity index is 2.41. The van der Waals surface area contributed by atoms with Gasteiger partial charge in [0.1, 0.15) is 0 Å². The molecule has 1 fully saturated rings. The number of nitrogens with one attached hydrogen (secondary N) is 1. The van der Waals surface area contributed by atoms with E-state index in [0.29, 0.717) is 0 Å². The normalized spacial score (nSPS) is 30.8. The van der Waals surface area contributed by atoms with E-state index >= 15 is 0 Å². The van der Waals surface area contributed by atoms with Gasteiger partial charge in [0.25, 0.3) is 0 Å². The molecule has 70 valence electrons. The summed E-state index contributed by atoms with van der Waals surface area (Å²) in [6.45, 7) is 1.55. The van der Waals surface area contributed by atoms with Crippen LogP contribution < -0.4 is 5.32 Å². The zero-order chi connectivity index (χ0) is 8.97. The second-order valence-corrected chi connectivity index (χ2v) is 4.02. The monoisotopic (exact) mass is 189 g/mol. The minimum absolute atomic E-state index is 0.0348. The van der Waals surface area contributed by atoms with Gasteiger partial charge in [-0.15, -0.1) is 11.6 Å². The lowest BCUT2D eigenvalue weighted by atomic mass is 10.1. The summed E-state index contributed by atoms with van der Waals surface area (Å²) in [5.74, 6) is 0.0348. The number of alkyl halides is 1. The van der Waals surface area contributed by atoms with Gasteiger partial charge in [0.15, 0.2) is 0 Å². The third kappa shape index (κ3) is 3.02. The third-order valence-corrected chi connectivity index (χ3v) is 2.84. The van der Waals surface area contributed by atoms with E-state index in [1.54, 1.807) is 6.92 Å². The Labute approximate surface area is 78.7 Å². The van der Waals surface area contributed by atoms with Gasteiger partial charge >= 0.3 is 0 Å². The van der Waals surface area contributed by atoms with Crippen LogP contribution in [0.1, 0.15) is 39.0 Å². The molecule has 1 N–H and O–H groups in total. The topological polar surface area (TPSA) is 29.1 Å². The van der Waals surface area contributed by atoms with E-state index < -0.39 is 0 Å². The predicted molar refractivity (Wildman–Crippen MR) is 50.3 cm³/mol. The first-order valence-corrected chi connectivity index (χ1v) is 5.05. The average molecular weight is 190 g/mol. The van der Waals surface area contributed by atoms with E-state index in [4.69, 9.17) is 11.6 Å². The average Bonchev–Trinajstić information content (AvgIpc) is 2.16.